The molecule has 66 valence electrons. The Kier molecular flexibility index (Phi) is 4.26. The Labute approximate surface area is 72.8 Å². The highest BCUT2D eigenvalue weighted by molar-refractivity contribution is 7.99. The maximum atomic E-state index is 8.98. The van der Waals surface area contributed by atoms with Crippen molar-refractivity contribution in [3.63, 3.8) is 0 Å². The van der Waals surface area contributed by atoms with E-state index in [1.54, 1.807) is 0 Å². The number of nitrogens with one attached hydrogen (secondary N) is 1. The molecule has 2 N–H and O–H groups in total. The van der Waals surface area contributed by atoms with Crippen LogP contribution >= 0.6 is 11.8 Å². The predicted molar refractivity (Wildman–Crippen MR) is 50.0 cm³/mol. The lowest BCUT2D eigenvalue weighted by Gasteiger charge is -2.11. The van der Waals surface area contributed by atoms with Crippen molar-refractivity contribution in [2.24, 2.45) is 0 Å². The first-order valence-electron chi connectivity index (χ1n) is 4.28. The van der Waals surface area contributed by atoms with Gasteiger partial charge in [-0.05, 0) is 32.1 Å². The van der Waals surface area contributed by atoms with Gasteiger partial charge in [0.15, 0.2) is 0 Å². The summed E-state index contributed by atoms with van der Waals surface area (Å²) in [6.07, 6.45) is 2.02. The van der Waals surface area contributed by atoms with E-state index in [4.69, 9.17) is 5.11 Å². The summed E-state index contributed by atoms with van der Waals surface area (Å²) in [5, 5.41) is 12.4. The van der Waals surface area contributed by atoms with Crippen LogP contribution in [0.4, 0.5) is 0 Å². The highest BCUT2D eigenvalue weighted by Crippen LogP contribution is 2.16. The third kappa shape index (κ3) is 3.99. The zero-order valence-corrected chi connectivity index (χ0v) is 7.86. The molecule has 0 aromatic carbocycles. The smallest absolute Gasteiger partial charge is 0.0524 e. The summed E-state index contributed by atoms with van der Waals surface area (Å²) in [7, 11) is 0. The summed E-state index contributed by atoms with van der Waals surface area (Å²) in [6.45, 7) is 2.80. The molecule has 0 aromatic heterocycles. The van der Waals surface area contributed by atoms with Crippen LogP contribution in [0, 0.1) is 0 Å². The molecule has 0 spiro atoms. The van der Waals surface area contributed by atoms with Crippen LogP contribution in [0.25, 0.3) is 0 Å². The predicted octanol–water partition coefficient (Wildman–Crippen LogP) is 0.852. The van der Waals surface area contributed by atoms with Gasteiger partial charge in [0.25, 0.3) is 0 Å². The average Bonchev–Trinajstić information content (AvgIpc) is 2.39. The topological polar surface area (TPSA) is 32.3 Å². The van der Waals surface area contributed by atoms with Gasteiger partial charge in [0, 0.05) is 11.8 Å². The van der Waals surface area contributed by atoms with Crippen LogP contribution in [0.3, 0.4) is 0 Å². The summed E-state index contributed by atoms with van der Waals surface area (Å²) >= 11 is 2.02. The summed E-state index contributed by atoms with van der Waals surface area (Å²) in [6, 6.07) is 0.707. The lowest BCUT2D eigenvalue weighted by atomic mass is 10.2. The SMILES string of the molecule is C[C@@H](O)CCN[C@H]1CCSC1. The Hall–Kier alpha value is 0.270. The van der Waals surface area contributed by atoms with Gasteiger partial charge < -0.3 is 10.4 Å². The number of aliphatic hydroxyl groups excluding tert-OH is 1. The molecule has 0 aliphatic carbocycles. The molecular weight excluding hydrogens is 158 g/mol. The van der Waals surface area contributed by atoms with Gasteiger partial charge in [-0.3, -0.25) is 0 Å². The van der Waals surface area contributed by atoms with Gasteiger partial charge in [0.1, 0.15) is 0 Å². The van der Waals surface area contributed by atoms with Crippen LogP contribution in [-0.4, -0.2) is 35.3 Å². The Morgan fingerprint density at radius 3 is 3.09 bits per heavy atom. The van der Waals surface area contributed by atoms with E-state index in [-0.39, 0.29) is 6.10 Å². The van der Waals surface area contributed by atoms with Crippen molar-refractivity contribution in [1.82, 2.24) is 5.32 Å². The third-order valence-electron chi connectivity index (χ3n) is 1.92. The molecule has 0 amide bonds. The standard InChI is InChI=1S/C8H17NOS/c1-7(10)2-4-9-8-3-5-11-6-8/h7-10H,2-6H2,1H3/t7-,8+/m1/s1. The van der Waals surface area contributed by atoms with E-state index >= 15 is 0 Å². The van der Waals surface area contributed by atoms with E-state index in [1.165, 1.54) is 17.9 Å². The van der Waals surface area contributed by atoms with E-state index < -0.39 is 0 Å². The van der Waals surface area contributed by atoms with Gasteiger partial charge in [0.05, 0.1) is 6.10 Å². The molecule has 1 heterocycles. The Bertz CT molecular complexity index is 102. The van der Waals surface area contributed by atoms with E-state index in [0.29, 0.717) is 6.04 Å². The van der Waals surface area contributed by atoms with Crippen molar-refractivity contribution in [1.29, 1.82) is 0 Å². The highest BCUT2D eigenvalue weighted by atomic mass is 32.2. The van der Waals surface area contributed by atoms with Crippen molar-refractivity contribution in [3.8, 4) is 0 Å². The maximum absolute atomic E-state index is 8.98. The number of rotatable bonds is 4. The fourth-order valence-electron chi connectivity index (χ4n) is 1.19. The molecule has 0 unspecified atom stereocenters. The van der Waals surface area contributed by atoms with Gasteiger partial charge in [0.2, 0.25) is 0 Å². The van der Waals surface area contributed by atoms with Gasteiger partial charge in [-0.15, -0.1) is 0 Å². The van der Waals surface area contributed by atoms with E-state index in [2.05, 4.69) is 5.32 Å². The quantitative estimate of drug-likeness (QED) is 0.664. The van der Waals surface area contributed by atoms with Crippen LogP contribution in [0.15, 0.2) is 0 Å². The fraction of sp³-hybridized carbons (Fsp3) is 1.00. The van der Waals surface area contributed by atoms with E-state index in [0.717, 1.165) is 13.0 Å². The summed E-state index contributed by atoms with van der Waals surface area (Å²) < 4.78 is 0. The molecule has 0 saturated carbocycles. The molecule has 3 heteroatoms. The van der Waals surface area contributed by atoms with Crippen molar-refractivity contribution in [2.45, 2.75) is 31.9 Å². The normalized spacial score (nSPS) is 27.3. The Morgan fingerprint density at radius 1 is 1.73 bits per heavy atom. The maximum Gasteiger partial charge on any atom is 0.0524 e. The number of aliphatic hydroxyl groups is 1. The minimum Gasteiger partial charge on any atom is -0.393 e. The Balaban J connectivity index is 1.94. The third-order valence-corrected chi connectivity index (χ3v) is 3.09. The minimum absolute atomic E-state index is 0.156. The minimum atomic E-state index is -0.156. The molecule has 0 radical (unpaired) electrons. The van der Waals surface area contributed by atoms with Crippen LogP contribution in [0.2, 0.25) is 0 Å². The Morgan fingerprint density at radius 2 is 2.55 bits per heavy atom. The van der Waals surface area contributed by atoms with E-state index in [1.807, 2.05) is 18.7 Å². The zero-order chi connectivity index (χ0) is 8.10. The molecule has 1 fully saturated rings. The molecule has 11 heavy (non-hydrogen) atoms. The summed E-state index contributed by atoms with van der Waals surface area (Å²) in [4.78, 5) is 0. The zero-order valence-electron chi connectivity index (χ0n) is 7.05. The lowest BCUT2D eigenvalue weighted by molar-refractivity contribution is 0.182. The molecule has 2 atom stereocenters. The van der Waals surface area contributed by atoms with Crippen molar-refractivity contribution in [2.75, 3.05) is 18.1 Å². The second-order valence-electron chi connectivity index (χ2n) is 3.15. The first kappa shape index (κ1) is 9.36. The van der Waals surface area contributed by atoms with Crippen LogP contribution < -0.4 is 5.32 Å². The van der Waals surface area contributed by atoms with Crippen LogP contribution in [0.1, 0.15) is 19.8 Å². The molecule has 2 nitrogen and oxygen atoms in total. The second kappa shape index (κ2) is 5.01. The van der Waals surface area contributed by atoms with Gasteiger partial charge in [-0.1, -0.05) is 0 Å². The molecule has 1 aliphatic rings. The van der Waals surface area contributed by atoms with Gasteiger partial charge in [-0.25, -0.2) is 0 Å². The number of hydrogen-bond acceptors (Lipinski definition) is 3. The van der Waals surface area contributed by atoms with Crippen molar-refractivity contribution < 1.29 is 5.11 Å². The molecule has 0 bridgehead atoms. The average molecular weight is 175 g/mol. The lowest BCUT2D eigenvalue weighted by Crippen LogP contribution is -2.30. The van der Waals surface area contributed by atoms with Gasteiger partial charge >= 0.3 is 0 Å². The molecule has 0 aromatic rings. The highest BCUT2D eigenvalue weighted by Gasteiger charge is 2.13. The largest absolute Gasteiger partial charge is 0.393 e. The summed E-state index contributed by atoms with van der Waals surface area (Å²) in [5.74, 6) is 2.55. The monoisotopic (exact) mass is 175 g/mol. The first-order chi connectivity index (χ1) is 5.29. The molecule has 1 rings (SSSR count). The van der Waals surface area contributed by atoms with Crippen LogP contribution in [-0.2, 0) is 0 Å². The molecular formula is C8H17NOS. The number of thioether (sulfide) groups is 1. The van der Waals surface area contributed by atoms with Gasteiger partial charge in [-0.2, -0.15) is 11.8 Å². The summed E-state index contributed by atoms with van der Waals surface area (Å²) in [5.41, 5.74) is 0. The second-order valence-corrected chi connectivity index (χ2v) is 4.30. The van der Waals surface area contributed by atoms with Crippen molar-refractivity contribution in [3.05, 3.63) is 0 Å². The molecule has 1 saturated heterocycles. The number of hydrogen-bond donors (Lipinski definition) is 2. The van der Waals surface area contributed by atoms with Crippen LogP contribution in [0.5, 0.6) is 0 Å². The molecule has 1 aliphatic heterocycles. The fourth-order valence-corrected chi connectivity index (χ4v) is 2.38. The van der Waals surface area contributed by atoms with E-state index in [9.17, 15) is 0 Å². The van der Waals surface area contributed by atoms with Crippen molar-refractivity contribution >= 4 is 11.8 Å². The first-order valence-corrected chi connectivity index (χ1v) is 5.43.